The van der Waals surface area contributed by atoms with Crippen LogP contribution in [0.5, 0.6) is 0 Å². The number of aryl methyl sites for hydroxylation is 1. The molecular formula is C51H76ClN11O10. The Morgan fingerprint density at radius 1 is 0.822 bits per heavy atom. The van der Waals surface area contributed by atoms with Crippen LogP contribution in [-0.2, 0) is 35.2 Å². The monoisotopic (exact) mass is 1040 g/mol. The maximum Gasteiger partial charge on any atom is 0.271 e. The van der Waals surface area contributed by atoms with Crippen molar-refractivity contribution in [1.29, 1.82) is 0 Å². The number of likely N-dealkylation sites (N-methyl/N-ethyl adjacent to an activating group) is 2. The number of hydrogen-bond donors (Lipinski definition) is 8. The second-order valence-corrected chi connectivity index (χ2v) is 21.5. The van der Waals surface area contributed by atoms with Gasteiger partial charge in [-0.15, -0.1) is 0 Å². The summed E-state index contributed by atoms with van der Waals surface area (Å²) in [6, 6.07) is 3.70. The quantitative estimate of drug-likeness (QED) is 0.0480. The highest BCUT2D eigenvalue weighted by atomic mass is 35.5. The van der Waals surface area contributed by atoms with E-state index in [2.05, 4.69) is 42.5 Å². The Hall–Kier alpha value is -6.19. The number of halogens is 1. The smallest absolute Gasteiger partial charge is 0.271 e. The molecule has 0 aromatic heterocycles. The van der Waals surface area contributed by atoms with E-state index in [4.69, 9.17) is 11.8 Å². The van der Waals surface area contributed by atoms with Crippen LogP contribution < -0.4 is 42.5 Å². The van der Waals surface area contributed by atoms with Gasteiger partial charge in [-0.25, -0.2) is 4.42 Å². The topological polar surface area (TPSA) is 282 Å². The van der Waals surface area contributed by atoms with E-state index >= 15 is 0 Å². The van der Waals surface area contributed by atoms with Crippen molar-refractivity contribution < 1.29 is 43.3 Å². The van der Waals surface area contributed by atoms with Gasteiger partial charge in [0.05, 0.1) is 17.0 Å². The van der Waals surface area contributed by atoms with Gasteiger partial charge < -0.3 is 47.4 Å². The van der Waals surface area contributed by atoms with E-state index in [1.54, 1.807) is 62.4 Å². The molecule has 2 aromatic carbocycles. The Balaban J connectivity index is 1.58. The summed E-state index contributed by atoms with van der Waals surface area (Å²) in [5, 5.41) is 34.8. The van der Waals surface area contributed by atoms with Crippen molar-refractivity contribution in [2.24, 2.45) is 17.3 Å². The van der Waals surface area contributed by atoms with E-state index < -0.39 is 111 Å². The van der Waals surface area contributed by atoms with Crippen molar-refractivity contribution in [3.8, 4) is 0 Å². The van der Waals surface area contributed by atoms with Crippen LogP contribution in [0.25, 0.3) is 0 Å². The molecule has 1 fully saturated rings. The lowest BCUT2D eigenvalue weighted by Crippen LogP contribution is -2.59. The van der Waals surface area contributed by atoms with Gasteiger partial charge in [0, 0.05) is 55.5 Å². The molecule has 0 bridgehead atoms. The van der Waals surface area contributed by atoms with E-state index in [-0.39, 0.29) is 55.1 Å². The second kappa shape index (κ2) is 26.2. The summed E-state index contributed by atoms with van der Waals surface area (Å²) in [6.45, 7) is 17.3. The number of hydrogen-bond acceptors (Lipinski definition) is 12. The molecule has 8 N–H and O–H groups in total. The number of carbonyl (C=O) groups excluding carboxylic acids is 8. The van der Waals surface area contributed by atoms with Crippen LogP contribution in [0.15, 0.2) is 42.5 Å². The van der Waals surface area contributed by atoms with Crippen molar-refractivity contribution in [3.63, 3.8) is 0 Å². The Labute approximate surface area is 433 Å². The van der Waals surface area contributed by atoms with Crippen molar-refractivity contribution in [2.75, 3.05) is 27.2 Å². The van der Waals surface area contributed by atoms with Crippen LogP contribution >= 0.6 is 11.8 Å². The molecule has 9 atom stereocenters. The molecule has 0 spiro atoms. The van der Waals surface area contributed by atoms with Gasteiger partial charge in [0.25, 0.3) is 17.5 Å². The summed E-state index contributed by atoms with van der Waals surface area (Å²) < 4.78 is 1.16. The Kier molecular flexibility index (Phi) is 21.3. The number of nitrogens with one attached hydrogen (secondary N) is 8. The molecule has 0 saturated carbocycles. The molecule has 0 unspecified atom stereocenters. The fraction of sp³-hybridized carbons (Fsp3) is 0.608. The highest BCUT2D eigenvalue weighted by Crippen LogP contribution is 2.32. The normalized spacial score (nSPS) is 19.1. The standard InChI is InChI=1S/C51H76ClN11O10/c1-27(2)29(5)55-47(68)39(58-49(70)41(28(3)4)59-44(65)31(7)61(12)52)20-21-54-45(66)33-22-34(24-36(23-33)63(72)73)46(67)56-35-25-40(48(69)57-38-19-15-17-32-16-13-14-18-37(32)38)62(26-35)50(71)42(51(8,9)10)60-43(64)30(6)53-11/h13-14,16,18,22-24,27-31,35,38-42,53H,15,17,19-21,25-26H2,1-12H3,(H,54,66)(H,55,68)(H,56,67)(H,57,69)(H,58,70)(H,59,65)(H,60,64)/t29-,30+,31+,35+,38-,39+,40+,41+,42-/m1/s1. The number of amides is 8. The van der Waals surface area contributed by atoms with Gasteiger partial charge in [0.15, 0.2) is 0 Å². The van der Waals surface area contributed by atoms with Gasteiger partial charge in [-0.2, -0.15) is 0 Å². The minimum atomic E-state index is -1.19. The first kappa shape index (κ1) is 59.4. The number of carbonyl (C=O) groups is 8. The van der Waals surface area contributed by atoms with E-state index in [1.165, 1.54) is 18.0 Å². The summed E-state index contributed by atoms with van der Waals surface area (Å²) in [4.78, 5) is 123. The van der Waals surface area contributed by atoms with Gasteiger partial charge in [-0.05, 0) is 106 Å². The number of likely N-dealkylation sites (tertiary alicyclic amines) is 1. The molecule has 73 heavy (non-hydrogen) atoms. The minimum absolute atomic E-state index is 0.0328. The second-order valence-electron chi connectivity index (χ2n) is 21.0. The van der Waals surface area contributed by atoms with Gasteiger partial charge in [0.1, 0.15) is 30.2 Å². The summed E-state index contributed by atoms with van der Waals surface area (Å²) in [7, 11) is 3.11. The zero-order valence-electron chi connectivity index (χ0n) is 44.1. The summed E-state index contributed by atoms with van der Waals surface area (Å²) in [5.41, 5.74) is 0.191. The lowest BCUT2D eigenvalue weighted by molar-refractivity contribution is -0.384. The SMILES string of the molecule is CN[C@@H](C)C(=O)N[C@H](C(=O)N1C[C@@H](NC(=O)c2cc(C(=O)NCC[C@H](NC(=O)[C@@H](NC(=O)[C@H](C)N(C)Cl)C(C)C)C(=O)N[C@H](C)C(C)C)cc([N+](=O)[O-])c2)C[C@H]1C(=O)N[C@@H]1CCCc2ccccc21)C(C)(C)C. The van der Waals surface area contributed by atoms with Crippen molar-refractivity contribution in [2.45, 2.75) is 156 Å². The maximum absolute atomic E-state index is 14.6. The fourth-order valence-corrected chi connectivity index (χ4v) is 8.58. The Morgan fingerprint density at radius 3 is 2.05 bits per heavy atom. The van der Waals surface area contributed by atoms with Crippen molar-refractivity contribution in [3.05, 3.63) is 74.8 Å². The summed E-state index contributed by atoms with van der Waals surface area (Å²) in [6.07, 6.45) is 2.20. The predicted molar refractivity (Wildman–Crippen MR) is 276 cm³/mol. The van der Waals surface area contributed by atoms with Crippen LogP contribution in [0, 0.1) is 27.4 Å². The van der Waals surface area contributed by atoms with Gasteiger partial charge in [-0.3, -0.25) is 48.5 Å². The first-order valence-corrected chi connectivity index (χ1v) is 25.3. The molecule has 8 amide bonds. The highest BCUT2D eigenvalue weighted by molar-refractivity contribution is 6.14. The van der Waals surface area contributed by atoms with E-state index in [0.717, 1.165) is 40.5 Å². The molecule has 22 heteroatoms. The van der Waals surface area contributed by atoms with Crippen LogP contribution in [-0.4, -0.2) is 137 Å². The van der Waals surface area contributed by atoms with Crippen LogP contribution in [0.2, 0.25) is 0 Å². The molecular weight excluding hydrogens is 962 g/mol. The van der Waals surface area contributed by atoms with Crippen molar-refractivity contribution >= 4 is 64.7 Å². The molecule has 2 aliphatic rings. The highest BCUT2D eigenvalue weighted by Gasteiger charge is 2.46. The third kappa shape index (κ3) is 16.1. The maximum atomic E-state index is 14.6. The van der Waals surface area contributed by atoms with Gasteiger partial charge >= 0.3 is 0 Å². The molecule has 1 heterocycles. The zero-order valence-corrected chi connectivity index (χ0v) is 44.9. The van der Waals surface area contributed by atoms with Gasteiger partial charge in [0.2, 0.25) is 35.4 Å². The number of rotatable bonds is 22. The van der Waals surface area contributed by atoms with Crippen molar-refractivity contribution in [1.82, 2.24) is 51.9 Å². The Morgan fingerprint density at radius 2 is 1.47 bits per heavy atom. The third-order valence-electron chi connectivity index (χ3n) is 13.7. The molecule has 2 aromatic rings. The largest absolute Gasteiger partial charge is 0.352 e. The number of benzene rings is 2. The first-order chi connectivity index (χ1) is 34.1. The predicted octanol–water partition coefficient (Wildman–Crippen LogP) is 3.01. The van der Waals surface area contributed by atoms with Gasteiger partial charge in [-0.1, -0.05) is 72.7 Å². The van der Waals surface area contributed by atoms with Crippen LogP contribution in [0.1, 0.15) is 133 Å². The Bertz CT molecular complexity index is 2360. The molecule has 4 rings (SSSR count). The van der Waals surface area contributed by atoms with Crippen LogP contribution in [0.3, 0.4) is 0 Å². The molecule has 1 aliphatic carbocycles. The number of non-ortho nitro benzene ring substituents is 1. The number of nitro groups is 1. The third-order valence-corrected chi connectivity index (χ3v) is 14.0. The lowest BCUT2D eigenvalue weighted by atomic mass is 9.85. The number of fused-ring (bicyclic) bond motifs is 1. The summed E-state index contributed by atoms with van der Waals surface area (Å²) in [5.74, 6) is -5.14. The fourth-order valence-electron chi connectivity index (χ4n) is 8.49. The molecule has 1 saturated heterocycles. The zero-order chi connectivity index (χ0) is 54.6. The van der Waals surface area contributed by atoms with E-state index in [1.807, 2.05) is 38.1 Å². The average molecular weight is 1040 g/mol. The summed E-state index contributed by atoms with van der Waals surface area (Å²) >= 11 is 5.98. The van der Waals surface area contributed by atoms with E-state index in [0.29, 0.717) is 6.42 Å². The van der Waals surface area contributed by atoms with E-state index in [9.17, 15) is 48.5 Å². The molecule has 402 valence electrons. The molecule has 0 radical (unpaired) electrons. The lowest BCUT2D eigenvalue weighted by Gasteiger charge is -2.36. The first-order valence-electron chi connectivity index (χ1n) is 25.0. The van der Waals surface area contributed by atoms with Crippen LogP contribution in [0.4, 0.5) is 5.69 Å². The average Bonchev–Trinajstić information content (AvgIpc) is 3.76. The molecule has 1 aliphatic heterocycles. The minimum Gasteiger partial charge on any atom is -0.352 e. The number of nitro benzene ring substituents is 1. The molecule has 21 nitrogen and oxygen atoms in total. The number of nitrogens with zero attached hydrogens (tertiary/aromatic N) is 3.